The van der Waals surface area contributed by atoms with Crippen LogP contribution in [0.5, 0.6) is 0 Å². The van der Waals surface area contributed by atoms with Gasteiger partial charge in [-0.1, -0.05) is 18.5 Å². The lowest BCUT2D eigenvalue weighted by Crippen LogP contribution is -2.51. The first kappa shape index (κ1) is 18.7. The largest absolute Gasteiger partial charge is 0.451 e. The number of hydrogen-bond acceptors (Lipinski definition) is 4. The Morgan fingerprint density at radius 2 is 1.96 bits per heavy atom. The normalized spacial score (nSPS) is 16.7. The topological polar surface area (TPSA) is 65.8 Å². The number of furan rings is 1. The summed E-state index contributed by atoms with van der Waals surface area (Å²) in [4.78, 5) is 28.5. The fourth-order valence-electron chi connectivity index (χ4n) is 3.01. The average Bonchev–Trinajstić information content (AvgIpc) is 3.04. The summed E-state index contributed by atoms with van der Waals surface area (Å²) < 4.78 is 5.66. The van der Waals surface area contributed by atoms with E-state index in [9.17, 15) is 9.59 Å². The van der Waals surface area contributed by atoms with Crippen LogP contribution in [0.2, 0.25) is 5.02 Å². The van der Waals surface area contributed by atoms with E-state index < -0.39 is 0 Å². The van der Waals surface area contributed by atoms with E-state index in [4.69, 9.17) is 16.0 Å². The summed E-state index contributed by atoms with van der Waals surface area (Å²) >= 11 is 5.98. The summed E-state index contributed by atoms with van der Waals surface area (Å²) in [6.07, 6.45) is 0.913. The number of hydrogen-bond donors (Lipinski definition) is 1. The number of nitrogens with zero attached hydrogens (tertiary/aromatic N) is 2. The molecule has 0 bridgehead atoms. The first-order chi connectivity index (χ1) is 12.5. The Balaban J connectivity index is 1.55. The minimum absolute atomic E-state index is 0.0355. The summed E-state index contributed by atoms with van der Waals surface area (Å²) in [5.41, 5.74) is 0.651. The Kier molecular flexibility index (Phi) is 5.84. The SMILES string of the molecule is CCC(C)NC(=O)CN1CCN(C(=O)c2cc3cc(Cl)ccc3o2)CC1. The minimum Gasteiger partial charge on any atom is -0.451 e. The molecule has 1 aliphatic rings. The molecule has 7 heteroatoms. The van der Waals surface area contributed by atoms with Crippen LogP contribution in [-0.4, -0.2) is 60.4 Å². The molecule has 3 rings (SSSR count). The molecule has 140 valence electrons. The Morgan fingerprint density at radius 3 is 2.65 bits per heavy atom. The molecule has 0 radical (unpaired) electrons. The van der Waals surface area contributed by atoms with Crippen LogP contribution in [-0.2, 0) is 4.79 Å². The summed E-state index contributed by atoms with van der Waals surface area (Å²) in [6, 6.07) is 7.21. The van der Waals surface area contributed by atoms with Gasteiger partial charge in [0.15, 0.2) is 5.76 Å². The molecule has 0 spiro atoms. The lowest BCUT2D eigenvalue weighted by molar-refractivity contribution is -0.123. The fraction of sp³-hybridized carbons (Fsp3) is 0.474. The minimum atomic E-state index is -0.124. The smallest absolute Gasteiger partial charge is 0.289 e. The van der Waals surface area contributed by atoms with Gasteiger partial charge in [-0.25, -0.2) is 0 Å². The zero-order valence-corrected chi connectivity index (χ0v) is 15.9. The van der Waals surface area contributed by atoms with Crippen LogP contribution < -0.4 is 5.32 Å². The van der Waals surface area contributed by atoms with Gasteiger partial charge in [0, 0.05) is 42.6 Å². The van der Waals surface area contributed by atoms with Gasteiger partial charge in [-0.3, -0.25) is 14.5 Å². The molecule has 2 aromatic rings. The van der Waals surface area contributed by atoms with Gasteiger partial charge in [-0.05, 0) is 37.6 Å². The third kappa shape index (κ3) is 4.37. The monoisotopic (exact) mass is 377 g/mol. The van der Waals surface area contributed by atoms with Crippen molar-refractivity contribution in [2.75, 3.05) is 32.7 Å². The molecule has 6 nitrogen and oxygen atoms in total. The van der Waals surface area contributed by atoms with Crippen molar-refractivity contribution in [2.45, 2.75) is 26.3 Å². The third-order valence-electron chi connectivity index (χ3n) is 4.74. The number of nitrogens with one attached hydrogen (secondary N) is 1. The van der Waals surface area contributed by atoms with Crippen molar-refractivity contribution in [1.82, 2.24) is 15.1 Å². The molecule has 1 N–H and O–H groups in total. The molecular weight excluding hydrogens is 354 g/mol. The van der Waals surface area contributed by atoms with Gasteiger partial charge in [0.1, 0.15) is 5.58 Å². The second-order valence-electron chi connectivity index (χ2n) is 6.74. The summed E-state index contributed by atoms with van der Waals surface area (Å²) in [5, 5.41) is 4.40. The van der Waals surface area contributed by atoms with Gasteiger partial charge in [-0.15, -0.1) is 0 Å². The molecule has 2 amide bonds. The maximum absolute atomic E-state index is 12.7. The van der Waals surface area contributed by atoms with E-state index in [1.165, 1.54) is 0 Å². The first-order valence-electron chi connectivity index (χ1n) is 8.96. The van der Waals surface area contributed by atoms with Crippen LogP contribution >= 0.6 is 11.6 Å². The molecule has 26 heavy (non-hydrogen) atoms. The van der Waals surface area contributed by atoms with Gasteiger partial charge in [0.2, 0.25) is 5.91 Å². The maximum Gasteiger partial charge on any atom is 0.289 e. The lowest BCUT2D eigenvalue weighted by atomic mass is 10.2. The second-order valence-corrected chi connectivity index (χ2v) is 7.17. The van der Waals surface area contributed by atoms with E-state index in [-0.39, 0.29) is 17.9 Å². The zero-order valence-electron chi connectivity index (χ0n) is 15.1. The average molecular weight is 378 g/mol. The molecule has 1 aliphatic heterocycles. The van der Waals surface area contributed by atoms with Crippen molar-refractivity contribution in [3.63, 3.8) is 0 Å². The summed E-state index contributed by atoms with van der Waals surface area (Å²) in [6.45, 7) is 6.91. The summed E-state index contributed by atoms with van der Waals surface area (Å²) in [7, 11) is 0. The van der Waals surface area contributed by atoms with E-state index in [1.807, 2.05) is 13.8 Å². The molecule has 1 aromatic heterocycles. The van der Waals surface area contributed by atoms with Crippen LogP contribution in [0.15, 0.2) is 28.7 Å². The van der Waals surface area contributed by atoms with Crippen molar-refractivity contribution in [2.24, 2.45) is 0 Å². The number of carbonyl (C=O) groups is 2. The molecule has 1 fully saturated rings. The van der Waals surface area contributed by atoms with E-state index >= 15 is 0 Å². The van der Waals surface area contributed by atoms with Crippen LogP contribution in [0, 0.1) is 0 Å². The van der Waals surface area contributed by atoms with Crippen molar-refractivity contribution in [1.29, 1.82) is 0 Å². The van der Waals surface area contributed by atoms with Gasteiger partial charge in [-0.2, -0.15) is 0 Å². The lowest BCUT2D eigenvalue weighted by Gasteiger charge is -2.34. The number of fused-ring (bicyclic) bond motifs is 1. The number of carbonyl (C=O) groups excluding carboxylic acids is 2. The maximum atomic E-state index is 12.7. The Bertz CT molecular complexity index is 796. The Labute approximate surface area is 158 Å². The molecule has 0 aliphatic carbocycles. The molecular formula is C19H24ClN3O3. The molecule has 1 saturated heterocycles. The fourth-order valence-corrected chi connectivity index (χ4v) is 3.19. The number of amides is 2. The van der Waals surface area contributed by atoms with Crippen molar-refractivity contribution in [3.8, 4) is 0 Å². The highest BCUT2D eigenvalue weighted by Gasteiger charge is 2.25. The third-order valence-corrected chi connectivity index (χ3v) is 4.97. The highest BCUT2D eigenvalue weighted by Crippen LogP contribution is 2.24. The number of benzene rings is 1. The second kappa shape index (κ2) is 8.10. The standard InChI is InChI=1S/C19H24ClN3O3/c1-3-13(2)21-18(24)12-22-6-8-23(9-7-22)19(25)17-11-14-10-15(20)4-5-16(14)26-17/h4-5,10-11,13H,3,6-9,12H2,1-2H3,(H,21,24). The predicted octanol–water partition coefficient (Wildman–Crippen LogP) is 2.76. The van der Waals surface area contributed by atoms with E-state index in [2.05, 4.69) is 10.2 Å². The number of halogens is 1. The van der Waals surface area contributed by atoms with Gasteiger partial charge in [0.05, 0.1) is 6.54 Å². The van der Waals surface area contributed by atoms with Crippen molar-refractivity contribution in [3.05, 3.63) is 35.0 Å². The highest BCUT2D eigenvalue weighted by atomic mass is 35.5. The van der Waals surface area contributed by atoms with Crippen LogP contribution in [0.4, 0.5) is 0 Å². The summed E-state index contributed by atoms with van der Waals surface area (Å²) in [5.74, 6) is 0.236. The molecule has 1 unspecified atom stereocenters. The molecule has 0 saturated carbocycles. The van der Waals surface area contributed by atoms with Gasteiger partial charge >= 0.3 is 0 Å². The number of piperazine rings is 1. The predicted molar refractivity (Wildman–Crippen MR) is 101 cm³/mol. The zero-order chi connectivity index (χ0) is 18.7. The Morgan fingerprint density at radius 1 is 1.23 bits per heavy atom. The molecule has 1 aromatic carbocycles. The van der Waals surface area contributed by atoms with Crippen LogP contribution in [0.3, 0.4) is 0 Å². The Hall–Kier alpha value is -2.05. The molecule has 2 heterocycles. The first-order valence-corrected chi connectivity index (χ1v) is 9.34. The van der Waals surface area contributed by atoms with Crippen molar-refractivity contribution < 1.29 is 14.0 Å². The van der Waals surface area contributed by atoms with E-state index in [0.717, 1.165) is 11.8 Å². The van der Waals surface area contributed by atoms with Crippen LogP contribution in [0.25, 0.3) is 11.0 Å². The van der Waals surface area contributed by atoms with Crippen LogP contribution in [0.1, 0.15) is 30.8 Å². The molecule has 1 atom stereocenters. The van der Waals surface area contributed by atoms with Gasteiger partial charge < -0.3 is 14.6 Å². The van der Waals surface area contributed by atoms with Gasteiger partial charge in [0.25, 0.3) is 5.91 Å². The highest BCUT2D eigenvalue weighted by molar-refractivity contribution is 6.31. The van der Waals surface area contributed by atoms with E-state index in [0.29, 0.717) is 49.1 Å². The van der Waals surface area contributed by atoms with E-state index in [1.54, 1.807) is 29.2 Å². The quantitative estimate of drug-likeness (QED) is 0.870. The number of rotatable bonds is 5. The van der Waals surface area contributed by atoms with Crippen molar-refractivity contribution >= 4 is 34.4 Å².